The van der Waals surface area contributed by atoms with Crippen molar-refractivity contribution in [3.05, 3.63) is 47.0 Å². The number of hydrogen-bond donors (Lipinski definition) is 2. The number of rotatable bonds is 10. The normalized spacial score (nSPS) is 11.6. The van der Waals surface area contributed by atoms with Gasteiger partial charge in [-0.2, -0.15) is 11.8 Å². The summed E-state index contributed by atoms with van der Waals surface area (Å²) >= 11 is 7.73. The Morgan fingerprint density at radius 3 is 2.73 bits per heavy atom. The van der Waals surface area contributed by atoms with E-state index < -0.39 is 0 Å². The van der Waals surface area contributed by atoms with E-state index >= 15 is 0 Å². The van der Waals surface area contributed by atoms with Gasteiger partial charge in [0, 0.05) is 36.8 Å². The van der Waals surface area contributed by atoms with Gasteiger partial charge in [-0.1, -0.05) is 30.7 Å². The first kappa shape index (κ1) is 20.6. The Balaban J connectivity index is 1.80. The third-order valence-corrected chi connectivity index (χ3v) is 4.68. The molecule has 0 saturated carbocycles. The topological polar surface area (TPSA) is 67.1 Å². The molecule has 1 aromatic carbocycles. The minimum Gasteiger partial charge on any atom is -0.356 e. The van der Waals surface area contributed by atoms with E-state index in [1.165, 1.54) is 5.56 Å². The number of benzene rings is 1. The highest BCUT2D eigenvalue weighted by Gasteiger charge is 2.03. The van der Waals surface area contributed by atoms with Gasteiger partial charge in [-0.05, 0) is 30.4 Å². The second-order valence-corrected chi connectivity index (χ2v) is 7.17. The Labute approximate surface area is 164 Å². The van der Waals surface area contributed by atoms with Gasteiger partial charge < -0.3 is 15.2 Å². The molecule has 2 rings (SSSR count). The van der Waals surface area contributed by atoms with E-state index in [1.54, 1.807) is 18.1 Å². The van der Waals surface area contributed by atoms with Crippen molar-refractivity contribution in [1.29, 1.82) is 0 Å². The van der Waals surface area contributed by atoms with Gasteiger partial charge in [-0.3, -0.25) is 4.99 Å². The summed E-state index contributed by atoms with van der Waals surface area (Å²) in [5.41, 5.74) is 1.25. The molecule has 0 aliphatic rings. The monoisotopic (exact) mass is 394 g/mol. The summed E-state index contributed by atoms with van der Waals surface area (Å²) < 4.78 is 2.07. The molecule has 0 aliphatic heterocycles. The maximum absolute atomic E-state index is 5.93. The summed E-state index contributed by atoms with van der Waals surface area (Å²) in [5.74, 6) is 2.86. The molecule has 1 aromatic heterocycles. The number of halogens is 1. The second-order valence-electron chi connectivity index (χ2n) is 5.75. The summed E-state index contributed by atoms with van der Waals surface area (Å²) in [6.07, 6.45) is 5.67. The lowest BCUT2D eigenvalue weighted by Crippen LogP contribution is -2.40. The van der Waals surface area contributed by atoms with E-state index in [0.29, 0.717) is 0 Å². The van der Waals surface area contributed by atoms with Crippen LogP contribution in [0.15, 0.2) is 35.6 Å². The lowest BCUT2D eigenvalue weighted by atomic mass is 10.1. The van der Waals surface area contributed by atoms with Crippen molar-refractivity contribution < 1.29 is 0 Å². The van der Waals surface area contributed by atoms with Crippen LogP contribution in [-0.2, 0) is 19.4 Å². The zero-order valence-electron chi connectivity index (χ0n) is 15.4. The molecule has 0 bridgehead atoms. The summed E-state index contributed by atoms with van der Waals surface area (Å²) in [6.45, 7) is 5.29. The van der Waals surface area contributed by atoms with Crippen molar-refractivity contribution in [2.45, 2.75) is 26.3 Å². The van der Waals surface area contributed by atoms with Gasteiger partial charge in [0.1, 0.15) is 12.2 Å². The zero-order chi connectivity index (χ0) is 18.6. The first-order valence-electron chi connectivity index (χ1n) is 8.85. The predicted octanol–water partition coefficient (Wildman–Crippen LogP) is 2.63. The van der Waals surface area contributed by atoms with Gasteiger partial charge in [0.2, 0.25) is 0 Å². The average molecular weight is 395 g/mol. The molecule has 26 heavy (non-hydrogen) atoms. The summed E-state index contributed by atoms with van der Waals surface area (Å²) in [5, 5.41) is 15.6. The minimum absolute atomic E-state index is 0.767. The predicted molar refractivity (Wildman–Crippen MR) is 111 cm³/mol. The summed E-state index contributed by atoms with van der Waals surface area (Å²) in [7, 11) is 0. The molecule has 2 N–H and O–H groups in total. The molecule has 2 aromatic rings. The molecule has 0 aliphatic carbocycles. The summed E-state index contributed by atoms with van der Waals surface area (Å²) in [4.78, 5) is 4.63. The van der Waals surface area contributed by atoms with Crippen LogP contribution in [0.5, 0.6) is 0 Å². The van der Waals surface area contributed by atoms with Crippen LogP contribution in [0, 0.1) is 0 Å². The fraction of sp³-hybridized carbons (Fsp3) is 0.500. The van der Waals surface area contributed by atoms with Gasteiger partial charge in [-0.25, -0.2) is 0 Å². The molecule has 8 heteroatoms. The Hall–Kier alpha value is -1.73. The van der Waals surface area contributed by atoms with Crippen LogP contribution < -0.4 is 10.6 Å². The van der Waals surface area contributed by atoms with Crippen LogP contribution in [0.3, 0.4) is 0 Å². The first-order chi connectivity index (χ1) is 12.7. The molecule has 0 saturated heterocycles. The Kier molecular flexibility index (Phi) is 9.34. The molecular weight excluding hydrogens is 368 g/mol. The zero-order valence-corrected chi connectivity index (χ0v) is 17.0. The lowest BCUT2D eigenvalue weighted by molar-refractivity contribution is 0.632. The number of nitrogens with one attached hydrogen (secondary N) is 2. The highest BCUT2D eigenvalue weighted by Crippen LogP contribution is 2.09. The number of nitrogens with zero attached hydrogens (tertiary/aromatic N) is 4. The van der Waals surface area contributed by atoms with Crippen LogP contribution >= 0.6 is 23.4 Å². The summed E-state index contributed by atoms with van der Waals surface area (Å²) in [6, 6.07) is 7.96. The Morgan fingerprint density at radius 1 is 1.23 bits per heavy atom. The van der Waals surface area contributed by atoms with E-state index in [2.05, 4.69) is 55.7 Å². The molecular formula is C18H27ClN6S. The highest BCUT2D eigenvalue weighted by atomic mass is 35.5. The van der Waals surface area contributed by atoms with Crippen molar-refractivity contribution in [3.63, 3.8) is 0 Å². The molecule has 0 amide bonds. The van der Waals surface area contributed by atoms with Crippen molar-refractivity contribution in [2.75, 3.05) is 31.6 Å². The van der Waals surface area contributed by atoms with Crippen LogP contribution in [0.2, 0.25) is 5.02 Å². The Morgan fingerprint density at radius 2 is 2.00 bits per heavy atom. The molecule has 0 unspecified atom stereocenters. The van der Waals surface area contributed by atoms with Crippen LogP contribution in [-0.4, -0.2) is 52.4 Å². The lowest BCUT2D eigenvalue weighted by Gasteiger charge is -2.13. The maximum Gasteiger partial charge on any atom is 0.191 e. The van der Waals surface area contributed by atoms with Crippen LogP contribution in [0.4, 0.5) is 0 Å². The number of hydrogen-bond acceptors (Lipinski definition) is 4. The quantitative estimate of drug-likeness (QED) is 0.368. The maximum atomic E-state index is 5.93. The highest BCUT2D eigenvalue weighted by molar-refractivity contribution is 7.98. The smallest absolute Gasteiger partial charge is 0.191 e. The average Bonchev–Trinajstić information content (AvgIpc) is 3.10. The molecule has 142 valence electrons. The van der Waals surface area contributed by atoms with Gasteiger partial charge in [0.05, 0.1) is 6.54 Å². The van der Waals surface area contributed by atoms with Crippen LogP contribution in [0.25, 0.3) is 0 Å². The number of aryl methyl sites for hydroxylation is 1. The number of guanidine groups is 1. The number of aromatic nitrogens is 3. The standard InChI is InChI=1S/C18H27ClN6S/c1-3-17-24-23-14-25(17)12-10-21-18(22-11-13-26-2)20-9-8-15-4-6-16(19)7-5-15/h4-7,14H,3,8-13H2,1-2H3,(H2,20,21,22). The largest absolute Gasteiger partial charge is 0.356 e. The molecule has 0 fully saturated rings. The van der Waals surface area contributed by atoms with E-state index in [-0.39, 0.29) is 0 Å². The van der Waals surface area contributed by atoms with E-state index in [1.807, 2.05) is 12.1 Å². The molecule has 0 atom stereocenters. The van der Waals surface area contributed by atoms with Gasteiger partial charge >= 0.3 is 0 Å². The van der Waals surface area contributed by atoms with E-state index in [4.69, 9.17) is 11.6 Å². The SMILES string of the molecule is CCc1nncn1CCNC(=NCCSC)NCCc1ccc(Cl)cc1. The molecule has 6 nitrogen and oxygen atoms in total. The Bertz CT molecular complexity index is 671. The second kappa shape index (κ2) is 11.8. The first-order valence-corrected chi connectivity index (χ1v) is 10.6. The molecule has 0 radical (unpaired) electrons. The third-order valence-electron chi connectivity index (χ3n) is 3.84. The van der Waals surface area contributed by atoms with E-state index in [0.717, 1.165) is 61.6 Å². The minimum atomic E-state index is 0.767. The van der Waals surface area contributed by atoms with Crippen molar-refractivity contribution >= 4 is 29.3 Å². The fourth-order valence-electron chi connectivity index (χ4n) is 2.43. The van der Waals surface area contributed by atoms with E-state index in [9.17, 15) is 0 Å². The number of aliphatic imine (C=N–C) groups is 1. The fourth-order valence-corrected chi connectivity index (χ4v) is 2.83. The van der Waals surface area contributed by atoms with Crippen molar-refractivity contribution in [3.8, 4) is 0 Å². The number of thioether (sulfide) groups is 1. The van der Waals surface area contributed by atoms with Crippen molar-refractivity contribution in [1.82, 2.24) is 25.4 Å². The van der Waals surface area contributed by atoms with Gasteiger partial charge in [0.25, 0.3) is 0 Å². The third kappa shape index (κ3) is 7.25. The molecule has 1 heterocycles. The van der Waals surface area contributed by atoms with Gasteiger partial charge in [0.15, 0.2) is 5.96 Å². The van der Waals surface area contributed by atoms with Crippen molar-refractivity contribution in [2.24, 2.45) is 4.99 Å². The van der Waals surface area contributed by atoms with Crippen LogP contribution in [0.1, 0.15) is 18.3 Å². The van der Waals surface area contributed by atoms with Gasteiger partial charge in [-0.15, -0.1) is 10.2 Å². The molecule has 0 spiro atoms.